The van der Waals surface area contributed by atoms with Gasteiger partial charge in [0.15, 0.2) is 0 Å². The molecule has 2 rings (SSSR count). The molecule has 0 atom stereocenters. The third kappa shape index (κ3) is 3.26. The molecule has 1 N–H and O–H groups in total. The van der Waals surface area contributed by atoms with Gasteiger partial charge in [-0.15, -0.1) is 0 Å². The summed E-state index contributed by atoms with van der Waals surface area (Å²) < 4.78 is 6.61. The fourth-order valence-electron chi connectivity index (χ4n) is 1.61. The summed E-state index contributed by atoms with van der Waals surface area (Å²) in [6.45, 7) is 3.44. The van der Waals surface area contributed by atoms with Crippen LogP contribution in [-0.2, 0) is 4.79 Å². The van der Waals surface area contributed by atoms with E-state index in [-0.39, 0.29) is 6.61 Å². The molecule has 0 aromatic heterocycles. The summed E-state index contributed by atoms with van der Waals surface area (Å²) in [5, 5.41) is 11.2. The first kappa shape index (κ1) is 13.9. The van der Waals surface area contributed by atoms with Crippen molar-refractivity contribution in [1.29, 1.82) is 0 Å². The van der Waals surface area contributed by atoms with Gasteiger partial charge in [0.2, 0.25) is 0 Å². The van der Waals surface area contributed by atoms with Crippen molar-refractivity contribution in [1.82, 2.24) is 0 Å². The van der Waals surface area contributed by atoms with E-state index in [1.54, 1.807) is 13.8 Å². The Hall–Kier alpha value is -1.55. The average molecular weight is 323 g/mol. The molecule has 0 aliphatic rings. The molecule has 0 unspecified atom stereocenters. The Bertz CT molecular complexity index is 620. The molecule has 0 fully saturated rings. The number of hydrogen-bond donors (Lipinski definition) is 1. The van der Waals surface area contributed by atoms with Crippen molar-refractivity contribution in [2.24, 2.45) is 5.41 Å². The van der Waals surface area contributed by atoms with Crippen LogP contribution in [0.1, 0.15) is 13.8 Å². The zero-order valence-corrected chi connectivity index (χ0v) is 12.4. The number of aliphatic carboxylic acids is 1. The van der Waals surface area contributed by atoms with Crippen LogP contribution in [0.5, 0.6) is 5.75 Å². The van der Waals surface area contributed by atoms with Crippen LogP contribution in [-0.4, -0.2) is 17.7 Å². The predicted octanol–water partition coefficient (Wildman–Crippen LogP) is 4.09. The average Bonchev–Trinajstić information content (AvgIpc) is 2.36. The molecule has 0 radical (unpaired) electrons. The van der Waals surface area contributed by atoms with Gasteiger partial charge in [-0.3, -0.25) is 4.79 Å². The summed E-state index contributed by atoms with van der Waals surface area (Å²) >= 11 is 3.43. The fraction of sp³-hybridized carbons (Fsp3) is 0.267. The zero-order valence-electron chi connectivity index (χ0n) is 10.8. The molecule has 100 valence electrons. The Morgan fingerprint density at radius 1 is 1.21 bits per heavy atom. The number of carbonyl (C=O) groups is 1. The molecule has 0 spiro atoms. The van der Waals surface area contributed by atoms with Crippen molar-refractivity contribution < 1.29 is 14.6 Å². The Morgan fingerprint density at radius 2 is 1.84 bits per heavy atom. The van der Waals surface area contributed by atoms with E-state index >= 15 is 0 Å². The highest BCUT2D eigenvalue weighted by Crippen LogP contribution is 2.25. The quantitative estimate of drug-likeness (QED) is 0.922. The van der Waals surface area contributed by atoms with Gasteiger partial charge in [0.05, 0.1) is 5.41 Å². The van der Waals surface area contributed by atoms with Gasteiger partial charge < -0.3 is 9.84 Å². The second-order valence-corrected chi connectivity index (χ2v) is 6.05. The van der Waals surface area contributed by atoms with E-state index in [2.05, 4.69) is 15.9 Å². The number of carboxylic acids is 1. The fourth-order valence-corrected chi connectivity index (χ4v) is 1.99. The molecule has 0 saturated heterocycles. The summed E-state index contributed by atoms with van der Waals surface area (Å²) in [5.41, 5.74) is -0.894. The minimum atomic E-state index is -0.894. The Kier molecular flexibility index (Phi) is 3.80. The molecular weight excluding hydrogens is 308 g/mol. The van der Waals surface area contributed by atoms with Gasteiger partial charge in [0.25, 0.3) is 0 Å². The van der Waals surface area contributed by atoms with Crippen LogP contribution in [0, 0.1) is 5.41 Å². The molecule has 0 aliphatic carbocycles. The number of fused-ring (bicyclic) bond motifs is 1. The highest BCUT2D eigenvalue weighted by molar-refractivity contribution is 9.10. The minimum Gasteiger partial charge on any atom is -0.492 e. The molecule has 2 aromatic rings. The lowest BCUT2D eigenvalue weighted by atomic mass is 9.95. The second-order valence-electron chi connectivity index (χ2n) is 5.13. The number of ether oxygens (including phenoxy) is 1. The molecular formula is C15H15BrO3. The SMILES string of the molecule is CC(C)(COc1ccc2cc(Br)ccc2c1)C(=O)O. The van der Waals surface area contributed by atoms with Crippen molar-refractivity contribution in [3.05, 3.63) is 40.9 Å². The maximum absolute atomic E-state index is 11.0. The Morgan fingerprint density at radius 3 is 2.53 bits per heavy atom. The molecule has 2 aromatic carbocycles. The number of rotatable bonds is 4. The predicted molar refractivity (Wildman–Crippen MR) is 78.6 cm³/mol. The maximum atomic E-state index is 11.0. The van der Waals surface area contributed by atoms with Gasteiger partial charge in [-0.1, -0.05) is 28.1 Å². The topological polar surface area (TPSA) is 46.5 Å². The number of benzene rings is 2. The van der Waals surface area contributed by atoms with E-state index in [4.69, 9.17) is 9.84 Å². The number of hydrogen-bond acceptors (Lipinski definition) is 2. The van der Waals surface area contributed by atoms with Crippen LogP contribution in [0.3, 0.4) is 0 Å². The summed E-state index contributed by atoms with van der Waals surface area (Å²) in [4.78, 5) is 11.0. The smallest absolute Gasteiger partial charge is 0.312 e. The summed E-state index contributed by atoms with van der Waals surface area (Å²) in [7, 11) is 0. The Balaban J connectivity index is 2.18. The lowest BCUT2D eigenvalue weighted by Gasteiger charge is -2.19. The third-order valence-corrected chi connectivity index (χ3v) is 3.45. The first-order valence-corrected chi connectivity index (χ1v) is 6.73. The van der Waals surface area contributed by atoms with Gasteiger partial charge >= 0.3 is 5.97 Å². The summed E-state index contributed by atoms with van der Waals surface area (Å²) in [5.74, 6) is -0.179. The zero-order chi connectivity index (χ0) is 14.0. The van der Waals surface area contributed by atoms with Crippen molar-refractivity contribution in [3.8, 4) is 5.75 Å². The number of carboxylic acid groups (broad SMARTS) is 1. The van der Waals surface area contributed by atoms with E-state index in [1.807, 2.05) is 36.4 Å². The van der Waals surface area contributed by atoms with Gasteiger partial charge in [-0.05, 0) is 48.9 Å². The van der Waals surface area contributed by atoms with E-state index in [0.29, 0.717) is 5.75 Å². The van der Waals surface area contributed by atoms with Gasteiger partial charge in [0.1, 0.15) is 12.4 Å². The molecule has 4 heteroatoms. The van der Waals surface area contributed by atoms with Gasteiger partial charge in [0, 0.05) is 4.47 Å². The molecule has 19 heavy (non-hydrogen) atoms. The number of halogens is 1. The van der Waals surface area contributed by atoms with Crippen molar-refractivity contribution in [3.63, 3.8) is 0 Å². The van der Waals surface area contributed by atoms with E-state index in [1.165, 1.54) is 0 Å². The lowest BCUT2D eigenvalue weighted by Crippen LogP contribution is -2.30. The highest BCUT2D eigenvalue weighted by atomic mass is 79.9. The first-order chi connectivity index (χ1) is 8.88. The third-order valence-electron chi connectivity index (χ3n) is 2.95. The molecule has 3 nitrogen and oxygen atoms in total. The molecule has 0 aliphatic heterocycles. The minimum absolute atomic E-state index is 0.143. The van der Waals surface area contributed by atoms with Crippen molar-refractivity contribution in [2.45, 2.75) is 13.8 Å². The summed E-state index contributed by atoms with van der Waals surface area (Å²) in [6, 6.07) is 11.7. The van der Waals surface area contributed by atoms with Crippen LogP contribution in [0.15, 0.2) is 40.9 Å². The van der Waals surface area contributed by atoms with Gasteiger partial charge in [-0.2, -0.15) is 0 Å². The highest BCUT2D eigenvalue weighted by Gasteiger charge is 2.28. The Labute approximate surface area is 120 Å². The van der Waals surface area contributed by atoms with Crippen LogP contribution in [0.25, 0.3) is 10.8 Å². The second kappa shape index (κ2) is 5.21. The van der Waals surface area contributed by atoms with Crippen LogP contribution < -0.4 is 4.74 Å². The van der Waals surface area contributed by atoms with E-state index < -0.39 is 11.4 Å². The normalized spacial score (nSPS) is 11.5. The van der Waals surface area contributed by atoms with Crippen molar-refractivity contribution >= 4 is 32.7 Å². The molecule has 0 heterocycles. The van der Waals surface area contributed by atoms with Crippen LogP contribution >= 0.6 is 15.9 Å². The monoisotopic (exact) mass is 322 g/mol. The lowest BCUT2D eigenvalue weighted by molar-refractivity contribution is -0.148. The maximum Gasteiger partial charge on any atom is 0.312 e. The summed E-state index contributed by atoms with van der Waals surface area (Å²) in [6.07, 6.45) is 0. The van der Waals surface area contributed by atoms with E-state index in [0.717, 1.165) is 15.2 Å². The molecule has 0 amide bonds. The largest absolute Gasteiger partial charge is 0.492 e. The van der Waals surface area contributed by atoms with Crippen molar-refractivity contribution in [2.75, 3.05) is 6.61 Å². The molecule has 0 bridgehead atoms. The van der Waals surface area contributed by atoms with Gasteiger partial charge in [-0.25, -0.2) is 0 Å². The van der Waals surface area contributed by atoms with Crippen LogP contribution in [0.2, 0.25) is 0 Å². The van der Waals surface area contributed by atoms with Crippen LogP contribution in [0.4, 0.5) is 0 Å². The first-order valence-electron chi connectivity index (χ1n) is 5.94. The standard InChI is InChI=1S/C15H15BrO3/c1-15(2,14(17)18)9-19-13-6-4-10-7-12(16)5-3-11(10)8-13/h3-8H,9H2,1-2H3,(H,17,18). The molecule has 0 saturated carbocycles. The van der Waals surface area contributed by atoms with E-state index in [9.17, 15) is 4.79 Å².